The third-order valence-electron chi connectivity index (χ3n) is 1.34. The van der Waals surface area contributed by atoms with Gasteiger partial charge in [0.05, 0.1) is 12.6 Å². The Morgan fingerprint density at radius 3 is 3.40 bits per heavy atom. The topological polar surface area (TPSA) is 54.8 Å². The summed E-state index contributed by atoms with van der Waals surface area (Å²) in [5.41, 5.74) is 1.40. The van der Waals surface area contributed by atoms with E-state index in [0.717, 1.165) is 5.52 Å². The van der Waals surface area contributed by atoms with Gasteiger partial charge in [-0.05, 0) is 0 Å². The van der Waals surface area contributed by atoms with Crippen molar-refractivity contribution in [3.63, 3.8) is 0 Å². The highest BCUT2D eigenvalue weighted by atomic mass is 16.3. The van der Waals surface area contributed by atoms with E-state index in [1.807, 2.05) is 0 Å². The van der Waals surface area contributed by atoms with Gasteiger partial charge in [0.25, 0.3) is 0 Å². The molecule has 0 unspecified atom stereocenters. The lowest BCUT2D eigenvalue weighted by Gasteiger charge is -1.84. The van der Waals surface area contributed by atoms with Gasteiger partial charge in [0.1, 0.15) is 11.8 Å². The minimum atomic E-state index is 0.573. The molecule has 0 spiro atoms. The van der Waals surface area contributed by atoms with Gasteiger partial charge in [-0.25, -0.2) is 4.98 Å². The van der Waals surface area contributed by atoms with E-state index in [9.17, 15) is 0 Å². The first-order chi connectivity index (χ1) is 4.92. The van der Waals surface area contributed by atoms with Gasteiger partial charge in [-0.2, -0.15) is 0 Å². The highest BCUT2D eigenvalue weighted by Crippen LogP contribution is 2.10. The van der Waals surface area contributed by atoms with E-state index in [-0.39, 0.29) is 0 Å². The lowest BCUT2D eigenvalue weighted by molar-refractivity contribution is 0.604. The van der Waals surface area contributed by atoms with Crippen LogP contribution in [-0.2, 0) is 0 Å². The first-order valence-electron chi connectivity index (χ1n) is 2.82. The molecule has 1 N–H and O–H groups in total. The van der Waals surface area contributed by atoms with Crippen molar-refractivity contribution in [2.75, 3.05) is 0 Å². The van der Waals surface area contributed by atoms with E-state index in [1.54, 1.807) is 23.2 Å². The summed E-state index contributed by atoms with van der Waals surface area (Å²) < 4.78 is 6.55. The molecule has 0 aliphatic heterocycles. The van der Waals surface area contributed by atoms with Gasteiger partial charge < -0.3 is 4.42 Å². The molecule has 0 aliphatic rings. The smallest absolute Gasteiger partial charge is 0.244 e. The Bertz CT molecular complexity index is 360. The largest absolute Gasteiger partial charge is 0.445 e. The summed E-state index contributed by atoms with van der Waals surface area (Å²) in [6.45, 7) is 0. The summed E-state index contributed by atoms with van der Waals surface area (Å²) in [6.07, 6.45) is 4.28. The van der Waals surface area contributed by atoms with Crippen LogP contribution in [-0.4, -0.2) is 15.9 Å². The second kappa shape index (κ2) is 1.70. The molecule has 4 nitrogen and oxygen atoms in total. The normalized spacial score (nSPS) is 10.4. The Hall–Kier alpha value is -1.58. The molecule has 2 aromatic heterocycles. The van der Waals surface area contributed by atoms with Crippen LogP contribution in [0.5, 0.6) is 0 Å². The number of furan rings is 1. The molecular formula is C6H5N3O. The second-order valence-electron chi connectivity index (χ2n) is 1.89. The van der Waals surface area contributed by atoms with Crippen LogP contribution >= 0.6 is 0 Å². The van der Waals surface area contributed by atoms with E-state index in [1.165, 1.54) is 6.34 Å². The van der Waals surface area contributed by atoms with Crippen molar-refractivity contribution in [1.29, 1.82) is 5.41 Å². The molecule has 0 aliphatic carbocycles. The van der Waals surface area contributed by atoms with E-state index in [0.29, 0.717) is 5.71 Å². The van der Waals surface area contributed by atoms with E-state index < -0.39 is 0 Å². The highest BCUT2D eigenvalue weighted by Gasteiger charge is 2.00. The van der Waals surface area contributed by atoms with Crippen LogP contribution in [0.3, 0.4) is 0 Å². The summed E-state index contributed by atoms with van der Waals surface area (Å²) >= 11 is 0. The summed E-state index contributed by atoms with van der Waals surface area (Å²) in [6, 6.07) is 1.77. The summed E-state index contributed by atoms with van der Waals surface area (Å²) in [4.78, 5) is 3.89. The standard InChI is InChI=1S/C6H5N3O/c7-3-9-4-8-6-5(9)1-2-10-6/h1-4,7H. The molecule has 0 saturated carbocycles. The number of fused-ring (bicyclic) bond motifs is 1. The molecule has 0 bridgehead atoms. The average Bonchev–Trinajstić information content (AvgIpc) is 2.44. The molecule has 0 fully saturated rings. The Labute approximate surface area is 56.6 Å². The van der Waals surface area contributed by atoms with Crippen LogP contribution in [0.2, 0.25) is 0 Å². The number of nitrogens with zero attached hydrogens (tertiary/aromatic N) is 2. The highest BCUT2D eigenvalue weighted by molar-refractivity contribution is 5.77. The summed E-state index contributed by atoms with van der Waals surface area (Å²) in [5.74, 6) is 0. The Balaban J connectivity index is 2.88. The number of rotatable bonds is 1. The molecule has 2 aromatic rings. The number of hydrogen-bond acceptors (Lipinski definition) is 3. The van der Waals surface area contributed by atoms with Crippen LogP contribution in [0, 0.1) is 5.41 Å². The zero-order valence-corrected chi connectivity index (χ0v) is 5.11. The second-order valence-corrected chi connectivity index (χ2v) is 1.89. The van der Waals surface area contributed by atoms with Crippen LogP contribution in [0.25, 0.3) is 11.2 Å². The van der Waals surface area contributed by atoms with E-state index in [4.69, 9.17) is 9.83 Å². The van der Waals surface area contributed by atoms with Gasteiger partial charge in [0.15, 0.2) is 0 Å². The van der Waals surface area contributed by atoms with Gasteiger partial charge in [0.2, 0.25) is 5.71 Å². The monoisotopic (exact) mass is 135 g/mol. The molecular weight excluding hydrogens is 130 g/mol. The number of aromatic nitrogens is 2. The summed E-state index contributed by atoms with van der Waals surface area (Å²) in [7, 11) is 0. The number of nitrogens with one attached hydrogen (secondary N) is 1. The van der Waals surface area contributed by atoms with Crippen molar-refractivity contribution >= 4 is 17.6 Å². The lowest BCUT2D eigenvalue weighted by atomic mass is 10.6. The zero-order chi connectivity index (χ0) is 6.97. The molecule has 2 rings (SSSR count). The quantitative estimate of drug-likeness (QED) is 0.470. The van der Waals surface area contributed by atoms with Crippen molar-refractivity contribution in [1.82, 2.24) is 9.55 Å². The summed E-state index contributed by atoms with van der Waals surface area (Å²) in [5, 5.41) is 6.94. The van der Waals surface area contributed by atoms with Crippen LogP contribution in [0.1, 0.15) is 0 Å². The molecule has 50 valence electrons. The molecule has 10 heavy (non-hydrogen) atoms. The van der Waals surface area contributed by atoms with Crippen molar-refractivity contribution in [3.8, 4) is 0 Å². The number of imidazole rings is 1. The fourth-order valence-electron chi connectivity index (χ4n) is 0.867. The van der Waals surface area contributed by atoms with E-state index >= 15 is 0 Å². The first kappa shape index (κ1) is 5.22. The molecule has 0 atom stereocenters. The fraction of sp³-hybridized carbons (Fsp3) is 0. The Morgan fingerprint density at radius 1 is 1.70 bits per heavy atom. The molecule has 0 radical (unpaired) electrons. The number of hydrogen-bond donors (Lipinski definition) is 1. The van der Waals surface area contributed by atoms with Gasteiger partial charge >= 0.3 is 0 Å². The van der Waals surface area contributed by atoms with E-state index in [2.05, 4.69) is 4.98 Å². The van der Waals surface area contributed by atoms with Crippen LogP contribution in [0.4, 0.5) is 0 Å². The van der Waals surface area contributed by atoms with Crippen LogP contribution in [0.15, 0.2) is 23.1 Å². The van der Waals surface area contributed by atoms with Gasteiger partial charge in [0, 0.05) is 6.07 Å². The molecule has 0 aromatic carbocycles. The predicted octanol–water partition coefficient (Wildman–Crippen LogP) is 1.08. The molecule has 4 heteroatoms. The zero-order valence-electron chi connectivity index (χ0n) is 5.11. The molecule has 0 amide bonds. The molecule has 0 saturated heterocycles. The van der Waals surface area contributed by atoms with Crippen molar-refractivity contribution in [3.05, 3.63) is 18.7 Å². The molecule has 2 heterocycles. The Morgan fingerprint density at radius 2 is 2.60 bits per heavy atom. The maximum atomic E-state index is 6.94. The van der Waals surface area contributed by atoms with Crippen molar-refractivity contribution in [2.24, 2.45) is 0 Å². The van der Waals surface area contributed by atoms with Crippen LogP contribution < -0.4 is 0 Å². The third kappa shape index (κ3) is 0.500. The maximum Gasteiger partial charge on any atom is 0.244 e. The lowest BCUT2D eigenvalue weighted by Crippen LogP contribution is -1.88. The van der Waals surface area contributed by atoms with Gasteiger partial charge in [-0.15, -0.1) is 0 Å². The SMILES string of the molecule is N=Cn1cnc2occc21. The van der Waals surface area contributed by atoms with Crippen molar-refractivity contribution in [2.45, 2.75) is 0 Å². The van der Waals surface area contributed by atoms with Gasteiger partial charge in [-0.3, -0.25) is 9.98 Å². The maximum absolute atomic E-state index is 6.94. The average molecular weight is 135 g/mol. The Kier molecular flexibility index (Phi) is 0.887. The third-order valence-corrected chi connectivity index (χ3v) is 1.34. The minimum Gasteiger partial charge on any atom is -0.445 e. The van der Waals surface area contributed by atoms with Gasteiger partial charge in [-0.1, -0.05) is 0 Å². The fourth-order valence-corrected chi connectivity index (χ4v) is 0.867. The predicted molar refractivity (Wildman–Crippen MR) is 36.2 cm³/mol. The van der Waals surface area contributed by atoms with Crippen molar-refractivity contribution < 1.29 is 4.42 Å². The minimum absolute atomic E-state index is 0.573. The first-order valence-corrected chi connectivity index (χ1v) is 2.82.